The van der Waals surface area contributed by atoms with Crippen molar-refractivity contribution in [2.75, 3.05) is 24.4 Å². The fourth-order valence-corrected chi connectivity index (χ4v) is 2.19. The molecule has 0 unspecified atom stereocenters. The number of amides is 1. The summed E-state index contributed by atoms with van der Waals surface area (Å²) in [5, 5.41) is 0. The number of nitrogens with zero attached hydrogens (tertiary/aromatic N) is 1. The lowest BCUT2D eigenvalue weighted by Gasteiger charge is -2.27. The van der Waals surface area contributed by atoms with Crippen molar-refractivity contribution in [1.29, 1.82) is 0 Å². The van der Waals surface area contributed by atoms with Crippen LogP contribution < -0.4 is 4.90 Å². The first kappa shape index (κ1) is 16.0. The lowest BCUT2D eigenvalue weighted by Crippen LogP contribution is -2.36. The molecule has 4 heteroatoms. The molecule has 0 atom stereocenters. The van der Waals surface area contributed by atoms with E-state index in [2.05, 4.69) is 13.8 Å². The van der Waals surface area contributed by atoms with Gasteiger partial charge in [-0.1, -0.05) is 26.0 Å². The van der Waals surface area contributed by atoms with Gasteiger partial charge in [0, 0.05) is 24.9 Å². The van der Waals surface area contributed by atoms with E-state index in [4.69, 9.17) is 16.3 Å². The number of ether oxygens (including phenoxy) is 1. The molecule has 1 rings (SSSR count). The lowest BCUT2D eigenvalue weighted by molar-refractivity contribution is -0.116. The molecular weight excluding hydrogens is 262 g/mol. The van der Waals surface area contributed by atoms with Crippen molar-refractivity contribution in [3.63, 3.8) is 0 Å². The van der Waals surface area contributed by atoms with Crippen molar-refractivity contribution >= 4 is 23.2 Å². The van der Waals surface area contributed by atoms with Gasteiger partial charge in [0.05, 0.1) is 6.61 Å². The fourth-order valence-electron chi connectivity index (χ4n) is 2.04. The second-order valence-corrected chi connectivity index (χ2v) is 5.30. The Labute approximate surface area is 120 Å². The molecule has 1 aromatic rings. The van der Waals surface area contributed by atoms with Crippen LogP contribution in [-0.2, 0) is 16.1 Å². The number of carbonyl (C=O) groups is 1. The van der Waals surface area contributed by atoms with Crippen molar-refractivity contribution in [3.05, 3.63) is 29.3 Å². The maximum Gasteiger partial charge on any atom is 0.241 e. The van der Waals surface area contributed by atoms with Crippen molar-refractivity contribution in [1.82, 2.24) is 0 Å². The van der Waals surface area contributed by atoms with Crippen LogP contribution in [0.25, 0.3) is 0 Å². The van der Waals surface area contributed by atoms with Gasteiger partial charge < -0.3 is 9.64 Å². The highest BCUT2D eigenvalue weighted by Crippen LogP contribution is 2.26. The largest absolute Gasteiger partial charge is 0.380 e. The third kappa shape index (κ3) is 4.22. The minimum absolute atomic E-state index is 0.00686. The van der Waals surface area contributed by atoms with Crippen LogP contribution in [0.2, 0.25) is 0 Å². The topological polar surface area (TPSA) is 29.5 Å². The molecular formula is C15H22ClNO2. The Hall–Kier alpha value is -1.06. The Kier molecular flexibility index (Phi) is 6.32. The molecule has 3 nitrogen and oxygen atoms in total. The van der Waals surface area contributed by atoms with Gasteiger partial charge in [0.15, 0.2) is 0 Å². The standard InChI is InChI=1S/C15H22ClNO2/c1-11(2)9-17(15(18)8-16)14-7-5-6-12(3)13(14)10-19-4/h5-7,11H,8-10H2,1-4H3. The normalized spacial score (nSPS) is 10.8. The van der Waals surface area contributed by atoms with Gasteiger partial charge in [-0.25, -0.2) is 0 Å². The molecule has 0 spiro atoms. The highest BCUT2D eigenvalue weighted by molar-refractivity contribution is 6.29. The molecule has 1 aromatic carbocycles. The average Bonchev–Trinajstić information content (AvgIpc) is 2.37. The fraction of sp³-hybridized carbons (Fsp3) is 0.533. The van der Waals surface area contributed by atoms with Crippen LogP contribution in [0.1, 0.15) is 25.0 Å². The average molecular weight is 284 g/mol. The van der Waals surface area contributed by atoms with Crippen LogP contribution in [-0.4, -0.2) is 25.4 Å². The van der Waals surface area contributed by atoms with Gasteiger partial charge in [0.25, 0.3) is 0 Å². The Morgan fingerprint density at radius 1 is 1.42 bits per heavy atom. The minimum Gasteiger partial charge on any atom is -0.380 e. The van der Waals surface area contributed by atoms with E-state index in [1.807, 2.05) is 25.1 Å². The molecule has 0 aliphatic carbocycles. The first-order valence-electron chi connectivity index (χ1n) is 6.45. The minimum atomic E-state index is -0.0710. The van der Waals surface area contributed by atoms with E-state index in [0.717, 1.165) is 16.8 Å². The number of methoxy groups -OCH3 is 1. The van der Waals surface area contributed by atoms with Gasteiger partial charge in [0.2, 0.25) is 5.91 Å². The summed E-state index contributed by atoms with van der Waals surface area (Å²) in [6.45, 7) is 7.34. The molecule has 0 aliphatic rings. The maximum absolute atomic E-state index is 12.1. The smallest absolute Gasteiger partial charge is 0.241 e. The van der Waals surface area contributed by atoms with Gasteiger partial charge in [-0.2, -0.15) is 0 Å². The number of rotatable bonds is 6. The number of anilines is 1. The Morgan fingerprint density at radius 2 is 2.11 bits per heavy atom. The number of alkyl halides is 1. The van der Waals surface area contributed by atoms with Crippen LogP contribution in [0.3, 0.4) is 0 Å². The van der Waals surface area contributed by atoms with Gasteiger partial charge in [-0.05, 0) is 24.5 Å². The molecule has 106 valence electrons. The summed E-state index contributed by atoms with van der Waals surface area (Å²) in [5.74, 6) is 0.300. The van der Waals surface area contributed by atoms with Gasteiger partial charge in [0.1, 0.15) is 5.88 Å². The van der Waals surface area contributed by atoms with Gasteiger partial charge >= 0.3 is 0 Å². The number of carbonyl (C=O) groups excluding carboxylic acids is 1. The third-order valence-corrected chi connectivity index (χ3v) is 3.16. The maximum atomic E-state index is 12.1. The van der Waals surface area contributed by atoms with Crippen LogP contribution in [0.15, 0.2) is 18.2 Å². The second kappa shape index (κ2) is 7.51. The highest BCUT2D eigenvalue weighted by Gasteiger charge is 2.19. The predicted octanol–water partition coefficient (Wildman–Crippen LogP) is 3.37. The van der Waals surface area contributed by atoms with Gasteiger partial charge in [-0.3, -0.25) is 4.79 Å². The van der Waals surface area contributed by atoms with Crippen LogP contribution in [0.4, 0.5) is 5.69 Å². The van der Waals surface area contributed by atoms with E-state index >= 15 is 0 Å². The Morgan fingerprint density at radius 3 is 2.63 bits per heavy atom. The molecule has 1 amide bonds. The lowest BCUT2D eigenvalue weighted by atomic mass is 10.0. The molecule has 0 aromatic heterocycles. The summed E-state index contributed by atoms with van der Waals surface area (Å²) in [4.78, 5) is 13.8. The molecule has 0 bridgehead atoms. The van der Waals surface area contributed by atoms with Crippen LogP contribution in [0, 0.1) is 12.8 Å². The van der Waals surface area contributed by atoms with E-state index in [0.29, 0.717) is 19.1 Å². The molecule has 0 N–H and O–H groups in total. The van der Waals surface area contributed by atoms with Crippen molar-refractivity contribution in [2.45, 2.75) is 27.4 Å². The number of aryl methyl sites for hydroxylation is 1. The molecule has 0 fully saturated rings. The Balaban J connectivity index is 3.20. The molecule has 0 saturated heterocycles. The van der Waals surface area contributed by atoms with Crippen molar-refractivity contribution < 1.29 is 9.53 Å². The van der Waals surface area contributed by atoms with E-state index in [-0.39, 0.29) is 11.8 Å². The summed E-state index contributed by atoms with van der Waals surface area (Å²) in [6.07, 6.45) is 0. The van der Waals surface area contributed by atoms with E-state index in [1.54, 1.807) is 12.0 Å². The van der Waals surface area contributed by atoms with Crippen LogP contribution in [0.5, 0.6) is 0 Å². The zero-order valence-electron chi connectivity index (χ0n) is 12.1. The number of hydrogen-bond acceptors (Lipinski definition) is 2. The Bertz CT molecular complexity index is 432. The molecule has 0 heterocycles. The monoisotopic (exact) mass is 283 g/mol. The quantitative estimate of drug-likeness (QED) is 0.749. The van der Waals surface area contributed by atoms with Crippen molar-refractivity contribution in [2.24, 2.45) is 5.92 Å². The van der Waals surface area contributed by atoms with Gasteiger partial charge in [-0.15, -0.1) is 11.6 Å². The van der Waals surface area contributed by atoms with Crippen molar-refractivity contribution in [3.8, 4) is 0 Å². The third-order valence-electron chi connectivity index (χ3n) is 2.93. The number of benzene rings is 1. The zero-order chi connectivity index (χ0) is 14.4. The summed E-state index contributed by atoms with van der Waals surface area (Å²) in [6, 6.07) is 5.93. The summed E-state index contributed by atoms with van der Waals surface area (Å²) in [5.41, 5.74) is 3.07. The summed E-state index contributed by atoms with van der Waals surface area (Å²) in [7, 11) is 1.66. The summed E-state index contributed by atoms with van der Waals surface area (Å²) >= 11 is 5.73. The second-order valence-electron chi connectivity index (χ2n) is 5.04. The zero-order valence-corrected chi connectivity index (χ0v) is 12.8. The molecule has 0 aliphatic heterocycles. The van der Waals surface area contributed by atoms with E-state index < -0.39 is 0 Å². The molecule has 0 saturated carbocycles. The first-order valence-corrected chi connectivity index (χ1v) is 6.98. The van der Waals surface area contributed by atoms with E-state index in [1.165, 1.54) is 0 Å². The summed E-state index contributed by atoms with van der Waals surface area (Å²) < 4.78 is 5.25. The SMILES string of the molecule is COCc1c(C)cccc1N(CC(C)C)C(=O)CCl. The number of halogens is 1. The number of hydrogen-bond donors (Lipinski definition) is 0. The molecule has 0 radical (unpaired) electrons. The van der Waals surface area contributed by atoms with Crippen LogP contribution >= 0.6 is 11.6 Å². The van der Waals surface area contributed by atoms with E-state index in [9.17, 15) is 4.79 Å². The first-order chi connectivity index (χ1) is 9.01. The molecule has 19 heavy (non-hydrogen) atoms. The highest BCUT2D eigenvalue weighted by atomic mass is 35.5. The predicted molar refractivity (Wildman–Crippen MR) is 79.8 cm³/mol.